The molecule has 0 aromatic heterocycles. The van der Waals surface area contributed by atoms with Gasteiger partial charge in [0.25, 0.3) is 0 Å². The first-order chi connectivity index (χ1) is 9.64. The van der Waals surface area contributed by atoms with E-state index in [1.807, 2.05) is 30.3 Å². The van der Waals surface area contributed by atoms with Crippen molar-refractivity contribution in [2.24, 2.45) is 0 Å². The molecule has 3 rings (SSSR count). The van der Waals surface area contributed by atoms with Crippen LogP contribution in [0.1, 0.15) is 29.9 Å². The summed E-state index contributed by atoms with van der Waals surface area (Å²) in [6.45, 7) is 0. The molecule has 0 amide bonds. The second kappa shape index (κ2) is 4.72. The van der Waals surface area contributed by atoms with Gasteiger partial charge in [-0.3, -0.25) is 0 Å². The molecule has 2 aromatic carbocycles. The zero-order chi connectivity index (χ0) is 14.2. The number of nitriles is 1. The van der Waals surface area contributed by atoms with E-state index in [-0.39, 0.29) is 5.92 Å². The van der Waals surface area contributed by atoms with Crippen molar-refractivity contribution in [3.05, 3.63) is 71.3 Å². The maximum atomic E-state index is 13.9. The molecule has 100 valence electrons. The Hall–Kier alpha value is -2.21. The Morgan fingerprint density at radius 1 is 1.05 bits per heavy atom. The molecule has 0 N–H and O–H groups in total. The van der Waals surface area contributed by atoms with Gasteiger partial charge in [-0.1, -0.05) is 36.4 Å². The van der Waals surface area contributed by atoms with E-state index in [0.717, 1.165) is 6.07 Å². The van der Waals surface area contributed by atoms with Crippen molar-refractivity contribution < 1.29 is 8.78 Å². The zero-order valence-electron chi connectivity index (χ0n) is 10.8. The molecule has 3 heteroatoms. The Morgan fingerprint density at radius 2 is 1.75 bits per heavy atom. The van der Waals surface area contributed by atoms with Gasteiger partial charge in [-0.15, -0.1) is 0 Å². The highest BCUT2D eigenvalue weighted by Gasteiger charge is 2.47. The van der Waals surface area contributed by atoms with Gasteiger partial charge in [0, 0.05) is 11.6 Å². The molecule has 0 spiro atoms. The molecule has 20 heavy (non-hydrogen) atoms. The van der Waals surface area contributed by atoms with Gasteiger partial charge < -0.3 is 0 Å². The van der Waals surface area contributed by atoms with Crippen molar-refractivity contribution in [1.29, 1.82) is 5.26 Å². The Kier molecular flexibility index (Phi) is 3.02. The summed E-state index contributed by atoms with van der Waals surface area (Å²) in [6, 6.07) is 15.6. The predicted molar refractivity (Wildman–Crippen MR) is 72.1 cm³/mol. The van der Waals surface area contributed by atoms with Crippen LogP contribution in [0.2, 0.25) is 0 Å². The number of hydrogen-bond donors (Lipinski definition) is 0. The van der Waals surface area contributed by atoms with Crippen LogP contribution in [-0.4, -0.2) is 0 Å². The lowest BCUT2D eigenvalue weighted by Crippen LogP contribution is -2.39. The molecule has 0 heterocycles. The average Bonchev–Trinajstić information content (AvgIpc) is 2.41. The fraction of sp³-hybridized carbons (Fsp3) is 0.235. The Morgan fingerprint density at radius 3 is 2.35 bits per heavy atom. The molecule has 1 nitrogen and oxygen atoms in total. The number of hydrogen-bond acceptors (Lipinski definition) is 1. The van der Waals surface area contributed by atoms with Crippen molar-refractivity contribution in [1.82, 2.24) is 0 Å². The van der Waals surface area contributed by atoms with Crippen molar-refractivity contribution in [2.75, 3.05) is 0 Å². The van der Waals surface area contributed by atoms with Crippen molar-refractivity contribution >= 4 is 0 Å². The normalized spacial score (nSPS) is 24.8. The lowest BCUT2D eigenvalue weighted by molar-refractivity contribution is 0.261. The summed E-state index contributed by atoms with van der Waals surface area (Å²) in [5, 5.41) is 9.44. The molecule has 0 aliphatic heterocycles. The standard InChI is InChI=1S/C17H13F2N/c18-14-6-7-15(16(19)8-14)17(11-20)9-13(10-17)12-4-2-1-3-5-12/h1-8,13H,9-10H2. The lowest BCUT2D eigenvalue weighted by Gasteiger charge is -2.43. The molecule has 0 unspecified atom stereocenters. The van der Waals surface area contributed by atoms with Gasteiger partial charge in [-0.2, -0.15) is 5.26 Å². The Balaban J connectivity index is 1.88. The maximum absolute atomic E-state index is 13.9. The molecular formula is C17H13F2N. The first-order valence-corrected chi connectivity index (χ1v) is 6.56. The monoisotopic (exact) mass is 269 g/mol. The van der Waals surface area contributed by atoms with Gasteiger partial charge in [-0.25, -0.2) is 8.78 Å². The number of nitrogens with zero attached hydrogens (tertiary/aromatic N) is 1. The van der Waals surface area contributed by atoms with Gasteiger partial charge in [0.1, 0.15) is 11.6 Å². The van der Waals surface area contributed by atoms with E-state index in [1.54, 1.807) is 0 Å². The van der Waals surface area contributed by atoms with Gasteiger partial charge in [-0.05, 0) is 30.4 Å². The Bertz CT molecular complexity index is 667. The van der Waals surface area contributed by atoms with E-state index in [2.05, 4.69) is 6.07 Å². The van der Waals surface area contributed by atoms with Crippen LogP contribution in [0.5, 0.6) is 0 Å². The molecular weight excluding hydrogens is 256 g/mol. The molecule has 1 aliphatic carbocycles. The minimum absolute atomic E-state index is 0.264. The van der Waals surface area contributed by atoms with E-state index >= 15 is 0 Å². The number of benzene rings is 2. The third-order valence-corrected chi connectivity index (χ3v) is 4.12. The molecule has 0 atom stereocenters. The summed E-state index contributed by atoms with van der Waals surface area (Å²) in [7, 11) is 0. The summed E-state index contributed by atoms with van der Waals surface area (Å²) in [4.78, 5) is 0. The van der Waals surface area contributed by atoms with Crippen LogP contribution >= 0.6 is 0 Å². The van der Waals surface area contributed by atoms with Gasteiger partial charge in [0.05, 0.1) is 11.5 Å². The van der Waals surface area contributed by atoms with Crippen LogP contribution in [0.15, 0.2) is 48.5 Å². The fourth-order valence-corrected chi connectivity index (χ4v) is 2.99. The van der Waals surface area contributed by atoms with Crippen LogP contribution in [-0.2, 0) is 5.41 Å². The van der Waals surface area contributed by atoms with E-state index in [4.69, 9.17) is 0 Å². The third kappa shape index (κ3) is 1.98. The SMILES string of the molecule is N#CC1(c2ccc(F)cc2F)CC(c2ccccc2)C1. The minimum Gasteiger partial charge on any atom is -0.207 e. The highest BCUT2D eigenvalue weighted by atomic mass is 19.1. The molecule has 1 saturated carbocycles. The molecule has 0 radical (unpaired) electrons. The molecule has 1 fully saturated rings. The smallest absolute Gasteiger partial charge is 0.130 e. The third-order valence-electron chi connectivity index (χ3n) is 4.12. The van der Waals surface area contributed by atoms with Gasteiger partial charge >= 0.3 is 0 Å². The molecule has 0 bridgehead atoms. The summed E-state index contributed by atoms with van der Waals surface area (Å²) in [6.07, 6.45) is 1.16. The topological polar surface area (TPSA) is 23.8 Å². The van der Waals surface area contributed by atoms with Crippen LogP contribution in [0.25, 0.3) is 0 Å². The summed E-state index contributed by atoms with van der Waals surface area (Å²) < 4.78 is 26.9. The molecule has 1 aliphatic rings. The number of halogens is 2. The van der Waals surface area contributed by atoms with Crippen LogP contribution in [0, 0.1) is 23.0 Å². The number of rotatable bonds is 2. The van der Waals surface area contributed by atoms with E-state index < -0.39 is 17.0 Å². The summed E-state index contributed by atoms with van der Waals surface area (Å²) >= 11 is 0. The highest BCUT2D eigenvalue weighted by Crippen LogP contribution is 2.52. The van der Waals surface area contributed by atoms with Gasteiger partial charge in [0.15, 0.2) is 0 Å². The second-order valence-corrected chi connectivity index (χ2v) is 5.33. The van der Waals surface area contributed by atoms with Crippen LogP contribution in [0.3, 0.4) is 0 Å². The minimum atomic E-state index is -0.821. The molecule has 2 aromatic rings. The predicted octanol–water partition coefficient (Wildman–Crippen LogP) is 4.30. The van der Waals surface area contributed by atoms with Crippen molar-refractivity contribution in [3.8, 4) is 6.07 Å². The summed E-state index contributed by atoms with van der Waals surface area (Å²) in [5.41, 5.74) is 0.660. The molecule has 0 saturated heterocycles. The quantitative estimate of drug-likeness (QED) is 0.797. The largest absolute Gasteiger partial charge is 0.207 e. The van der Waals surface area contributed by atoms with Crippen molar-refractivity contribution in [2.45, 2.75) is 24.2 Å². The second-order valence-electron chi connectivity index (χ2n) is 5.33. The maximum Gasteiger partial charge on any atom is 0.130 e. The Labute approximate surface area is 116 Å². The highest BCUT2D eigenvalue weighted by molar-refractivity contribution is 5.41. The van der Waals surface area contributed by atoms with Gasteiger partial charge in [0.2, 0.25) is 0 Å². The van der Waals surface area contributed by atoms with Crippen LogP contribution < -0.4 is 0 Å². The first kappa shape index (κ1) is 12.8. The van der Waals surface area contributed by atoms with E-state index in [9.17, 15) is 14.0 Å². The van der Waals surface area contributed by atoms with Crippen molar-refractivity contribution in [3.63, 3.8) is 0 Å². The summed E-state index contributed by atoms with van der Waals surface area (Å²) in [5.74, 6) is -0.975. The average molecular weight is 269 g/mol. The zero-order valence-corrected chi connectivity index (χ0v) is 10.8. The fourth-order valence-electron chi connectivity index (χ4n) is 2.99. The van der Waals surface area contributed by atoms with E-state index in [0.29, 0.717) is 18.4 Å². The first-order valence-electron chi connectivity index (χ1n) is 6.56. The van der Waals surface area contributed by atoms with Crippen LogP contribution in [0.4, 0.5) is 8.78 Å². The van der Waals surface area contributed by atoms with E-state index in [1.165, 1.54) is 17.7 Å². The lowest BCUT2D eigenvalue weighted by atomic mass is 9.57.